The van der Waals surface area contributed by atoms with Crippen molar-refractivity contribution >= 4 is 40.0 Å². The van der Waals surface area contributed by atoms with E-state index in [0.717, 1.165) is 12.1 Å². The molecule has 0 atom stereocenters. The third-order valence-corrected chi connectivity index (χ3v) is 4.96. The molecule has 4 N–H and O–H groups in total. The second-order valence-electron chi connectivity index (χ2n) is 7.12. The van der Waals surface area contributed by atoms with Crippen LogP contribution in [-0.4, -0.2) is 16.0 Å². The molecular weight excluding hydrogens is 471 g/mol. The molecule has 0 saturated heterocycles. The van der Waals surface area contributed by atoms with E-state index >= 15 is 0 Å². The minimum atomic E-state index is -4.64. The molecule has 0 aliphatic heterocycles. The van der Waals surface area contributed by atoms with Crippen molar-refractivity contribution in [1.82, 2.24) is 9.97 Å². The third-order valence-electron chi connectivity index (χ3n) is 4.63. The summed E-state index contributed by atoms with van der Waals surface area (Å²) >= 11 is 5.60. The minimum absolute atomic E-state index is 0.0595. The number of carbonyl (C=O) groups excluding carboxylic acids is 1. The second kappa shape index (κ2) is 9.54. The van der Waals surface area contributed by atoms with Gasteiger partial charge in [0.05, 0.1) is 33.5 Å². The molecule has 11 heteroatoms. The summed E-state index contributed by atoms with van der Waals surface area (Å²) in [6.07, 6.45) is -3.03. The Morgan fingerprint density at radius 1 is 0.971 bits per heavy atom. The van der Waals surface area contributed by atoms with Crippen molar-refractivity contribution in [3.8, 4) is 11.5 Å². The lowest BCUT2D eigenvalue weighted by molar-refractivity contribution is -0.137. The molecule has 0 spiro atoms. The van der Waals surface area contributed by atoms with Gasteiger partial charge in [-0.2, -0.15) is 13.2 Å². The van der Waals surface area contributed by atoms with Crippen LogP contribution in [-0.2, 0) is 12.7 Å². The molecule has 0 radical (unpaired) electrons. The van der Waals surface area contributed by atoms with Gasteiger partial charge in [-0.05, 0) is 42.5 Å². The van der Waals surface area contributed by atoms with E-state index in [2.05, 4.69) is 20.6 Å². The molecule has 1 heterocycles. The summed E-state index contributed by atoms with van der Waals surface area (Å²) in [5.41, 5.74) is 6.83. The normalized spacial score (nSPS) is 11.3. The number of alkyl halides is 3. The van der Waals surface area contributed by atoms with Crippen LogP contribution in [0.4, 0.5) is 29.3 Å². The molecule has 3 aromatic carbocycles. The van der Waals surface area contributed by atoms with E-state index in [1.54, 1.807) is 48.7 Å². The second-order valence-corrected chi connectivity index (χ2v) is 7.52. The van der Waals surface area contributed by atoms with Crippen LogP contribution in [0.25, 0.3) is 11.0 Å². The molecule has 0 aliphatic carbocycles. The number of anilines is 2. The van der Waals surface area contributed by atoms with Gasteiger partial charge < -0.3 is 21.1 Å². The fourth-order valence-corrected chi connectivity index (χ4v) is 3.30. The lowest BCUT2D eigenvalue weighted by Gasteiger charge is -2.13. The molecule has 4 rings (SSSR count). The summed E-state index contributed by atoms with van der Waals surface area (Å²) in [5.74, 6) is 0.921. The number of halogens is 4. The molecule has 0 saturated carbocycles. The predicted octanol–water partition coefficient (Wildman–Crippen LogP) is 6.20. The molecule has 2 amide bonds. The Hall–Kier alpha value is -3.89. The van der Waals surface area contributed by atoms with Gasteiger partial charge in [0.2, 0.25) is 0 Å². The van der Waals surface area contributed by atoms with Crippen molar-refractivity contribution in [2.45, 2.75) is 12.7 Å². The van der Waals surface area contributed by atoms with Crippen LogP contribution in [0.5, 0.6) is 11.5 Å². The number of nitrogens with one attached hydrogen (secondary N) is 2. The van der Waals surface area contributed by atoms with Crippen LogP contribution in [0.3, 0.4) is 0 Å². The largest absolute Gasteiger partial charge is 0.457 e. The summed E-state index contributed by atoms with van der Waals surface area (Å²) in [6, 6.07) is 14.1. The summed E-state index contributed by atoms with van der Waals surface area (Å²) in [5, 5.41) is 4.45. The highest BCUT2D eigenvalue weighted by Crippen LogP contribution is 2.36. The molecular formula is C23H17ClF3N5O2. The first-order valence-electron chi connectivity index (χ1n) is 9.90. The Balaban J connectivity index is 1.46. The number of nitrogens with two attached hydrogens (primary N) is 1. The first-order valence-corrected chi connectivity index (χ1v) is 10.3. The highest BCUT2D eigenvalue weighted by molar-refractivity contribution is 6.31. The number of hydrogen-bond donors (Lipinski definition) is 3. The third kappa shape index (κ3) is 5.53. The van der Waals surface area contributed by atoms with Crippen LogP contribution in [0, 0.1) is 0 Å². The number of urea groups is 1. The van der Waals surface area contributed by atoms with E-state index in [-0.39, 0.29) is 12.2 Å². The molecule has 174 valence electrons. The van der Waals surface area contributed by atoms with Gasteiger partial charge in [-0.3, -0.25) is 4.98 Å². The minimum Gasteiger partial charge on any atom is -0.457 e. The van der Waals surface area contributed by atoms with Gasteiger partial charge in [-0.15, -0.1) is 0 Å². The number of hydrogen-bond acceptors (Lipinski definition) is 5. The van der Waals surface area contributed by atoms with Crippen LogP contribution in [0.1, 0.15) is 11.3 Å². The lowest BCUT2D eigenvalue weighted by atomic mass is 10.2. The van der Waals surface area contributed by atoms with E-state index in [9.17, 15) is 18.0 Å². The van der Waals surface area contributed by atoms with E-state index in [0.29, 0.717) is 33.9 Å². The number of fused-ring (bicyclic) bond motifs is 1. The molecule has 0 unspecified atom stereocenters. The quantitative estimate of drug-likeness (QED) is 0.311. The van der Waals surface area contributed by atoms with Crippen molar-refractivity contribution in [3.05, 3.63) is 83.1 Å². The van der Waals surface area contributed by atoms with Gasteiger partial charge in [0.1, 0.15) is 11.5 Å². The standard InChI is InChI=1S/C23H17ClF3N5O2/c24-19-6-4-14(9-18(19)23(25,26)27)32-22(33)31-13-2-1-3-16(8-13)34-17-5-7-20-21(10-17)30-15(11-28)12-29-20/h1-10,12H,11,28H2,(H2,31,32,33). The molecule has 0 fully saturated rings. The van der Waals surface area contributed by atoms with Gasteiger partial charge in [0.25, 0.3) is 0 Å². The average molecular weight is 488 g/mol. The number of aromatic nitrogens is 2. The monoisotopic (exact) mass is 487 g/mol. The van der Waals surface area contributed by atoms with E-state index in [1.807, 2.05) is 0 Å². The highest BCUT2D eigenvalue weighted by Gasteiger charge is 2.33. The van der Waals surface area contributed by atoms with E-state index < -0.39 is 22.8 Å². The Morgan fingerprint density at radius 2 is 1.71 bits per heavy atom. The molecule has 0 bridgehead atoms. The summed E-state index contributed by atoms with van der Waals surface area (Å²) < 4.78 is 44.9. The average Bonchev–Trinajstić information content (AvgIpc) is 2.79. The van der Waals surface area contributed by atoms with Crippen LogP contribution in [0.15, 0.2) is 66.9 Å². The molecule has 7 nitrogen and oxygen atoms in total. The Bertz CT molecular complexity index is 1360. The van der Waals surface area contributed by atoms with Crippen LogP contribution >= 0.6 is 11.6 Å². The lowest BCUT2D eigenvalue weighted by Crippen LogP contribution is -2.20. The highest BCUT2D eigenvalue weighted by atomic mass is 35.5. The zero-order valence-electron chi connectivity index (χ0n) is 17.4. The first-order chi connectivity index (χ1) is 16.2. The van der Waals surface area contributed by atoms with Crippen molar-refractivity contribution in [1.29, 1.82) is 0 Å². The summed E-state index contributed by atoms with van der Waals surface area (Å²) in [6.45, 7) is 0.261. The van der Waals surface area contributed by atoms with Crippen LogP contribution in [0.2, 0.25) is 5.02 Å². The smallest absolute Gasteiger partial charge is 0.417 e. The van der Waals surface area contributed by atoms with Gasteiger partial charge in [0, 0.05) is 30.1 Å². The SMILES string of the molecule is NCc1cnc2ccc(Oc3cccc(NC(=O)Nc4ccc(Cl)c(C(F)(F)F)c4)c3)cc2n1. The van der Waals surface area contributed by atoms with Crippen molar-refractivity contribution < 1.29 is 22.7 Å². The van der Waals surface area contributed by atoms with E-state index in [4.69, 9.17) is 22.1 Å². The van der Waals surface area contributed by atoms with Gasteiger partial charge in [-0.1, -0.05) is 17.7 Å². The molecule has 0 aliphatic rings. The fraction of sp³-hybridized carbons (Fsp3) is 0.0870. The van der Waals surface area contributed by atoms with Gasteiger partial charge in [0.15, 0.2) is 0 Å². The topological polar surface area (TPSA) is 102 Å². The first kappa shape index (κ1) is 23.3. The van der Waals surface area contributed by atoms with Crippen molar-refractivity contribution in [2.24, 2.45) is 5.73 Å². The Labute approximate surface area is 196 Å². The zero-order valence-corrected chi connectivity index (χ0v) is 18.1. The predicted molar refractivity (Wildman–Crippen MR) is 123 cm³/mol. The maximum Gasteiger partial charge on any atom is 0.417 e. The molecule has 1 aromatic heterocycles. The number of benzene rings is 3. The number of carbonyl (C=O) groups is 1. The maximum absolute atomic E-state index is 13.0. The summed E-state index contributed by atoms with van der Waals surface area (Å²) in [4.78, 5) is 21.0. The number of amides is 2. The maximum atomic E-state index is 13.0. The number of rotatable bonds is 5. The Morgan fingerprint density at radius 3 is 2.44 bits per heavy atom. The van der Waals surface area contributed by atoms with Crippen molar-refractivity contribution in [2.75, 3.05) is 10.6 Å². The van der Waals surface area contributed by atoms with Crippen LogP contribution < -0.4 is 21.1 Å². The summed E-state index contributed by atoms with van der Waals surface area (Å²) in [7, 11) is 0. The van der Waals surface area contributed by atoms with Crippen molar-refractivity contribution in [3.63, 3.8) is 0 Å². The van der Waals surface area contributed by atoms with Gasteiger partial charge in [-0.25, -0.2) is 9.78 Å². The zero-order chi connectivity index (χ0) is 24.3. The van der Waals surface area contributed by atoms with Gasteiger partial charge >= 0.3 is 12.2 Å². The van der Waals surface area contributed by atoms with E-state index in [1.165, 1.54) is 6.07 Å². The number of ether oxygens (including phenoxy) is 1. The fourth-order valence-electron chi connectivity index (χ4n) is 3.08. The molecule has 34 heavy (non-hydrogen) atoms. The number of nitrogens with zero attached hydrogens (tertiary/aromatic N) is 2. The Kier molecular flexibility index (Phi) is 6.53. The molecule has 4 aromatic rings.